The van der Waals surface area contributed by atoms with Crippen LogP contribution in [0.4, 0.5) is 41.6 Å². The summed E-state index contributed by atoms with van der Waals surface area (Å²) in [4.78, 5) is 12.5. The van der Waals surface area contributed by atoms with Gasteiger partial charge in [0.05, 0.1) is 22.2 Å². The molecule has 3 atom stereocenters. The third-order valence-electron chi connectivity index (χ3n) is 9.78. The van der Waals surface area contributed by atoms with Crippen LogP contribution in [0.2, 0.25) is 0 Å². The number of rotatable bonds is 5. The zero-order valence-electron chi connectivity index (χ0n) is 26.3. The smallest absolute Gasteiger partial charge is 0.417 e. The van der Waals surface area contributed by atoms with Gasteiger partial charge in [-0.05, 0) is 37.9 Å². The van der Waals surface area contributed by atoms with Gasteiger partial charge in [0.2, 0.25) is 0 Å². The highest BCUT2D eigenvalue weighted by Gasteiger charge is 2.41. The summed E-state index contributed by atoms with van der Waals surface area (Å²) in [5.41, 5.74) is 0.684. The molecule has 0 aliphatic carbocycles. The molecule has 2 bridgehead atoms. The number of nitriles is 1. The normalized spacial score (nSPS) is 23.9. The lowest BCUT2D eigenvalue weighted by Crippen LogP contribution is -2.51. The number of hydrogen-bond acceptors (Lipinski definition) is 9. The second-order valence-corrected chi connectivity index (χ2v) is 14.3. The average molecular weight is 706 g/mol. The second-order valence-electron chi connectivity index (χ2n) is 13.2. The minimum Gasteiger partial charge on any atom is -0.462 e. The number of likely N-dealkylation sites (tertiary alicyclic amines) is 1. The monoisotopic (exact) mass is 705 g/mol. The molecule has 3 aliphatic heterocycles. The highest BCUT2D eigenvalue weighted by molar-refractivity contribution is 7.23. The number of fused-ring (bicyclic) bond motifs is 4. The fraction of sp³-hybridized carbons (Fsp3) is 0.424. The minimum atomic E-state index is -5.24. The van der Waals surface area contributed by atoms with E-state index < -0.39 is 66.9 Å². The van der Waals surface area contributed by atoms with Gasteiger partial charge in [-0.3, -0.25) is 0 Å². The largest absolute Gasteiger partial charge is 0.462 e. The number of anilines is 2. The summed E-state index contributed by atoms with van der Waals surface area (Å²) < 4.78 is 112. The molecular formula is C33H30F7N7OS. The molecular weight excluding hydrogens is 675 g/mol. The molecule has 0 unspecified atom stereocenters. The Morgan fingerprint density at radius 2 is 1.86 bits per heavy atom. The van der Waals surface area contributed by atoms with Gasteiger partial charge in [0.15, 0.2) is 5.82 Å². The standard InChI is InChI=1S/C33H30F7N7OS/c1-32(13-46(2)6-5-15(32)9-34)14-48-31-44-27-18(30(45-31)47-11-16-3-4-17(12-47)43-16)7-20(33(38,39)40)24(26(27)37)25-21(35)8-22(36)28-23(25)19(10-41)29(42)49-28/h7-9,16-17,43H,3-6,11-14,42H2,1-2H3/b15-9+/t16-,17+,32-/m0/s1. The first kappa shape index (κ1) is 33.3. The van der Waals surface area contributed by atoms with Gasteiger partial charge in [0.1, 0.15) is 40.6 Å². The van der Waals surface area contributed by atoms with Crippen molar-refractivity contribution >= 4 is 43.1 Å². The number of piperazine rings is 1. The number of ether oxygens (including phenoxy) is 1. The molecule has 258 valence electrons. The number of thiophene rings is 1. The highest BCUT2D eigenvalue weighted by Crippen LogP contribution is 2.49. The number of hydrogen-bond donors (Lipinski definition) is 2. The number of halogens is 7. The SMILES string of the molecule is CN1CC/C(=C\F)[C@](C)(COc2nc(N3C[C@H]4CC[C@@H](C3)N4)c3cc(C(F)(F)F)c(-c4c(F)cc(F)c5sc(N)c(C#N)c45)c(F)c3n2)C1. The van der Waals surface area contributed by atoms with Crippen LogP contribution in [-0.2, 0) is 6.18 Å². The lowest BCUT2D eigenvalue weighted by atomic mass is 9.78. The number of nitrogen functional groups attached to an aromatic ring is 1. The molecule has 5 heterocycles. The number of nitrogens with one attached hydrogen (secondary N) is 1. The first-order valence-corrected chi connectivity index (χ1v) is 16.4. The molecule has 0 radical (unpaired) electrons. The van der Waals surface area contributed by atoms with Crippen LogP contribution in [0.25, 0.3) is 32.1 Å². The maximum Gasteiger partial charge on any atom is 0.417 e. The Balaban J connectivity index is 1.48. The molecule has 0 saturated carbocycles. The van der Waals surface area contributed by atoms with Crippen molar-refractivity contribution in [2.45, 2.75) is 44.4 Å². The summed E-state index contributed by atoms with van der Waals surface area (Å²) in [6, 6.07) is 2.36. The summed E-state index contributed by atoms with van der Waals surface area (Å²) in [6.45, 7) is 3.42. The predicted molar refractivity (Wildman–Crippen MR) is 171 cm³/mol. The molecule has 49 heavy (non-hydrogen) atoms. The minimum absolute atomic E-state index is 0.0104. The molecule has 3 fully saturated rings. The van der Waals surface area contributed by atoms with Crippen LogP contribution < -0.4 is 20.7 Å². The maximum absolute atomic E-state index is 17.0. The molecule has 2 aromatic heterocycles. The molecule has 3 N–H and O–H groups in total. The second kappa shape index (κ2) is 12.0. The van der Waals surface area contributed by atoms with E-state index in [2.05, 4.69) is 15.3 Å². The number of piperidine rings is 1. The van der Waals surface area contributed by atoms with Crippen LogP contribution in [0.3, 0.4) is 0 Å². The average Bonchev–Trinajstić information content (AvgIpc) is 3.57. The topological polar surface area (TPSA) is 103 Å². The van der Waals surface area contributed by atoms with E-state index in [1.54, 1.807) is 17.9 Å². The number of nitrogens with two attached hydrogens (primary N) is 1. The summed E-state index contributed by atoms with van der Waals surface area (Å²) >= 11 is 0.539. The lowest BCUT2D eigenvalue weighted by molar-refractivity contribution is -0.137. The Bertz CT molecular complexity index is 2070. The fourth-order valence-corrected chi connectivity index (χ4v) is 8.38. The Kier molecular flexibility index (Phi) is 8.15. The van der Waals surface area contributed by atoms with Crippen molar-refractivity contribution in [1.82, 2.24) is 20.2 Å². The van der Waals surface area contributed by atoms with Gasteiger partial charge in [0, 0.05) is 71.6 Å². The van der Waals surface area contributed by atoms with Crippen molar-refractivity contribution < 1.29 is 35.5 Å². The van der Waals surface area contributed by atoms with Crippen LogP contribution in [-0.4, -0.2) is 66.8 Å². The van der Waals surface area contributed by atoms with Crippen LogP contribution in [0.1, 0.15) is 37.3 Å². The highest BCUT2D eigenvalue weighted by atomic mass is 32.1. The van der Waals surface area contributed by atoms with E-state index in [0.717, 1.165) is 12.8 Å². The van der Waals surface area contributed by atoms with Crippen molar-refractivity contribution in [2.24, 2.45) is 5.41 Å². The Morgan fingerprint density at radius 1 is 1.14 bits per heavy atom. The maximum atomic E-state index is 17.0. The molecule has 7 rings (SSSR count). The van der Waals surface area contributed by atoms with E-state index in [1.807, 2.05) is 11.9 Å². The van der Waals surface area contributed by atoms with E-state index >= 15 is 8.78 Å². The Hall–Kier alpha value is -4.20. The van der Waals surface area contributed by atoms with Crippen molar-refractivity contribution in [3.05, 3.63) is 52.6 Å². The van der Waals surface area contributed by atoms with Crippen molar-refractivity contribution in [2.75, 3.05) is 50.5 Å². The third-order valence-corrected chi connectivity index (χ3v) is 10.8. The lowest BCUT2D eigenvalue weighted by Gasteiger charge is -2.40. The first-order valence-electron chi connectivity index (χ1n) is 15.6. The number of aromatic nitrogens is 2. The van der Waals surface area contributed by atoms with Gasteiger partial charge in [-0.2, -0.15) is 28.4 Å². The third kappa shape index (κ3) is 5.61. The van der Waals surface area contributed by atoms with Gasteiger partial charge < -0.3 is 25.6 Å². The predicted octanol–water partition coefficient (Wildman–Crippen LogP) is 6.92. The zero-order chi connectivity index (χ0) is 35.0. The quantitative estimate of drug-likeness (QED) is 0.216. The van der Waals surface area contributed by atoms with Gasteiger partial charge >= 0.3 is 12.2 Å². The number of benzene rings is 2. The van der Waals surface area contributed by atoms with E-state index in [9.17, 15) is 27.2 Å². The molecule has 0 amide bonds. The van der Waals surface area contributed by atoms with E-state index in [4.69, 9.17) is 10.5 Å². The fourth-order valence-electron chi connectivity index (χ4n) is 7.45. The van der Waals surface area contributed by atoms with Gasteiger partial charge in [-0.25, -0.2) is 17.6 Å². The summed E-state index contributed by atoms with van der Waals surface area (Å²) in [5, 5.41) is 12.1. The molecule has 16 heteroatoms. The van der Waals surface area contributed by atoms with E-state index in [0.29, 0.717) is 68.0 Å². The zero-order valence-corrected chi connectivity index (χ0v) is 27.1. The molecule has 4 aromatic rings. The summed E-state index contributed by atoms with van der Waals surface area (Å²) in [6.07, 6.45) is -2.61. The first-order chi connectivity index (χ1) is 23.2. The van der Waals surface area contributed by atoms with Gasteiger partial charge in [-0.1, -0.05) is 6.92 Å². The summed E-state index contributed by atoms with van der Waals surface area (Å²) in [5.74, 6) is -4.26. The van der Waals surface area contributed by atoms with Crippen molar-refractivity contribution in [3.8, 4) is 23.2 Å². The van der Waals surface area contributed by atoms with E-state index in [-0.39, 0.29) is 40.9 Å². The Morgan fingerprint density at radius 3 is 2.51 bits per heavy atom. The van der Waals surface area contributed by atoms with Crippen LogP contribution in [0, 0.1) is 34.2 Å². The molecule has 8 nitrogen and oxygen atoms in total. The van der Waals surface area contributed by atoms with Crippen LogP contribution in [0.5, 0.6) is 6.01 Å². The molecule has 3 aliphatic rings. The molecule has 0 spiro atoms. The molecule has 2 aromatic carbocycles. The van der Waals surface area contributed by atoms with Crippen molar-refractivity contribution in [3.63, 3.8) is 0 Å². The van der Waals surface area contributed by atoms with Gasteiger partial charge in [0.25, 0.3) is 0 Å². The number of alkyl halides is 3. The number of nitrogens with zero attached hydrogens (tertiary/aromatic N) is 5. The Labute approximate surface area is 280 Å². The van der Waals surface area contributed by atoms with Gasteiger partial charge in [-0.15, -0.1) is 11.3 Å². The van der Waals surface area contributed by atoms with Crippen molar-refractivity contribution in [1.29, 1.82) is 5.26 Å². The summed E-state index contributed by atoms with van der Waals surface area (Å²) in [7, 11) is 1.87. The van der Waals surface area contributed by atoms with Crippen LogP contribution in [0.15, 0.2) is 24.0 Å². The van der Waals surface area contributed by atoms with E-state index in [1.165, 1.54) is 0 Å². The molecule has 3 saturated heterocycles. The van der Waals surface area contributed by atoms with Crippen LogP contribution >= 0.6 is 11.3 Å².